The largest absolute Gasteiger partial charge is 0.463 e. The maximum Gasteiger partial charge on any atom is 0.463 e. The molecule has 0 spiro atoms. The number of nitrogens with one attached hydrogen (secondary N) is 2. The smallest absolute Gasteiger partial charge is 0.399 e. The van der Waals surface area contributed by atoms with Crippen LogP contribution in [0.3, 0.4) is 0 Å². The molecule has 2 amide bonds. The molecular weight excluding hydrogens is 361 g/mol. The molecule has 0 saturated heterocycles. The summed E-state index contributed by atoms with van der Waals surface area (Å²) < 4.78 is 61.1. The van der Waals surface area contributed by atoms with Crippen molar-refractivity contribution >= 4 is 23.4 Å². The average Bonchev–Trinajstić information content (AvgIpc) is 2.46. The van der Waals surface area contributed by atoms with Gasteiger partial charge in [-0.1, -0.05) is 18.2 Å². The number of hydrogen-bond donors (Lipinski definition) is 3. The fraction of sp³-hybridized carbons (Fsp3) is 0.385. The minimum atomic E-state index is -6.00. The second-order valence-electron chi connectivity index (χ2n) is 4.38. The van der Waals surface area contributed by atoms with Gasteiger partial charge in [0.05, 0.1) is 5.57 Å². The lowest BCUT2D eigenvalue weighted by molar-refractivity contribution is -0.269. The second-order valence-corrected chi connectivity index (χ2v) is 4.95. The Morgan fingerprint density at radius 1 is 1.17 bits per heavy atom. The summed E-state index contributed by atoms with van der Waals surface area (Å²) in [6, 6.07) is 0. The first-order valence-electron chi connectivity index (χ1n) is 6.31. The van der Waals surface area contributed by atoms with Crippen LogP contribution in [-0.2, 0) is 9.59 Å². The van der Waals surface area contributed by atoms with Crippen molar-refractivity contribution in [1.29, 1.82) is 0 Å². The molecule has 0 unspecified atom stereocenters. The van der Waals surface area contributed by atoms with Crippen LogP contribution in [0.4, 0.5) is 22.0 Å². The SMILES string of the molecule is C=C/C(N)=C\C(C(=O)NCCNC(=O)C(F)(F)C(F)(F)F)=C(/C)Cl. The number of carbonyl (C=O) groups is 2. The van der Waals surface area contributed by atoms with Gasteiger partial charge < -0.3 is 16.4 Å². The van der Waals surface area contributed by atoms with Crippen LogP contribution in [0.1, 0.15) is 6.92 Å². The summed E-state index contributed by atoms with van der Waals surface area (Å²) in [5.74, 6) is -8.79. The summed E-state index contributed by atoms with van der Waals surface area (Å²) in [4.78, 5) is 22.6. The Balaban J connectivity index is 4.63. The first-order chi connectivity index (χ1) is 10.8. The zero-order valence-corrected chi connectivity index (χ0v) is 13.2. The number of amides is 2. The normalized spacial score (nSPS) is 13.9. The van der Waals surface area contributed by atoms with Crippen molar-refractivity contribution in [2.24, 2.45) is 5.73 Å². The fourth-order valence-electron chi connectivity index (χ4n) is 1.23. The first-order valence-corrected chi connectivity index (χ1v) is 6.69. The Morgan fingerprint density at radius 3 is 2.08 bits per heavy atom. The van der Waals surface area contributed by atoms with Crippen LogP contribution in [-0.4, -0.2) is 37.0 Å². The fourth-order valence-corrected chi connectivity index (χ4v) is 1.37. The third-order valence-electron chi connectivity index (χ3n) is 2.50. The van der Waals surface area contributed by atoms with E-state index in [-0.39, 0.29) is 16.3 Å². The summed E-state index contributed by atoms with van der Waals surface area (Å²) in [5.41, 5.74) is 5.52. The lowest BCUT2D eigenvalue weighted by Crippen LogP contribution is -2.51. The third-order valence-corrected chi connectivity index (χ3v) is 2.70. The van der Waals surface area contributed by atoms with Gasteiger partial charge in [0, 0.05) is 23.8 Å². The molecule has 0 saturated carbocycles. The van der Waals surface area contributed by atoms with Crippen LogP contribution in [0.2, 0.25) is 0 Å². The molecule has 0 radical (unpaired) electrons. The van der Waals surface area contributed by atoms with Gasteiger partial charge in [-0.3, -0.25) is 9.59 Å². The van der Waals surface area contributed by atoms with Crippen molar-refractivity contribution in [3.8, 4) is 0 Å². The molecular formula is C13H15ClF5N3O2. The molecule has 0 rings (SSSR count). The van der Waals surface area contributed by atoms with Gasteiger partial charge in [-0.05, 0) is 19.1 Å². The number of nitrogens with two attached hydrogens (primary N) is 1. The topological polar surface area (TPSA) is 84.2 Å². The number of allylic oxidation sites excluding steroid dienone is 2. The van der Waals surface area contributed by atoms with E-state index in [1.165, 1.54) is 24.4 Å². The maximum absolute atomic E-state index is 12.6. The van der Waals surface area contributed by atoms with Gasteiger partial charge in [0.1, 0.15) is 0 Å². The molecule has 4 N–H and O–H groups in total. The molecule has 0 aromatic heterocycles. The van der Waals surface area contributed by atoms with Crippen molar-refractivity contribution in [2.45, 2.75) is 19.0 Å². The van der Waals surface area contributed by atoms with Gasteiger partial charge >= 0.3 is 12.1 Å². The molecule has 0 heterocycles. The van der Waals surface area contributed by atoms with E-state index in [2.05, 4.69) is 11.9 Å². The Labute approximate surface area is 139 Å². The molecule has 24 heavy (non-hydrogen) atoms. The van der Waals surface area contributed by atoms with Crippen molar-refractivity contribution < 1.29 is 31.5 Å². The molecule has 0 aliphatic heterocycles. The number of rotatable bonds is 7. The standard InChI is InChI=1S/C13H15ClF5N3O2/c1-3-8(20)6-9(7(2)14)10(23)21-4-5-22-11(24)12(15,16)13(17,18)19/h3,6H,1,4-5,20H2,2H3,(H,21,23)(H,22,24)/b8-6+,9-7-. The van der Waals surface area contributed by atoms with E-state index in [0.29, 0.717) is 0 Å². The van der Waals surface area contributed by atoms with Gasteiger partial charge in [-0.15, -0.1) is 0 Å². The lowest BCUT2D eigenvalue weighted by Gasteiger charge is -2.18. The highest BCUT2D eigenvalue weighted by atomic mass is 35.5. The minimum absolute atomic E-state index is 0.0546. The van der Waals surface area contributed by atoms with Crippen LogP contribution in [0, 0.1) is 0 Å². The van der Waals surface area contributed by atoms with Crippen LogP contribution in [0.5, 0.6) is 0 Å². The Kier molecular flexibility index (Phi) is 7.91. The van der Waals surface area contributed by atoms with Crippen LogP contribution >= 0.6 is 11.6 Å². The Hall–Kier alpha value is -2.10. The van der Waals surface area contributed by atoms with E-state index in [1.54, 1.807) is 0 Å². The molecule has 11 heteroatoms. The lowest BCUT2D eigenvalue weighted by atomic mass is 10.2. The Bertz CT molecular complexity index is 566. The molecule has 0 bridgehead atoms. The highest BCUT2D eigenvalue weighted by molar-refractivity contribution is 6.31. The monoisotopic (exact) mass is 375 g/mol. The van der Waals surface area contributed by atoms with Crippen molar-refractivity contribution in [3.63, 3.8) is 0 Å². The van der Waals surface area contributed by atoms with Gasteiger partial charge in [0.2, 0.25) is 0 Å². The summed E-state index contributed by atoms with van der Waals surface area (Å²) in [6.45, 7) is 3.70. The van der Waals surface area contributed by atoms with Crippen LogP contribution in [0.25, 0.3) is 0 Å². The van der Waals surface area contributed by atoms with E-state index in [1.807, 2.05) is 0 Å². The number of alkyl halides is 5. The van der Waals surface area contributed by atoms with E-state index in [0.717, 1.165) is 0 Å². The summed E-state index contributed by atoms with van der Waals surface area (Å²) in [7, 11) is 0. The second kappa shape index (κ2) is 8.67. The van der Waals surface area contributed by atoms with Gasteiger partial charge in [-0.2, -0.15) is 22.0 Å². The van der Waals surface area contributed by atoms with Crippen molar-refractivity contribution in [1.82, 2.24) is 10.6 Å². The van der Waals surface area contributed by atoms with Gasteiger partial charge in [-0.25, -0.2) is 0 Å². The quantitative estimate of drug-likeness (QED) is 0.275. The molecule has 0 aromatic carbocycles. The molecule has 0 aliphatic carbocycles. The van der Waals surface area contributed by atoms with Gasteiger partial charge in [0.25, 0.3) is 11.8 Å². The summed E-state index contributed by atoms with van der Waals surface area (Å²) in [5, 5.41) is 3.62. The molecule has 0 aliphatic rings. The van der Waals surface area contributed by atoms with E-state index in [4.69, 9.17) is 17.3 Å². The maximum atomic E-state index is 12.6. The number of halogens is 6. The number of hydrogen-bond acceptors (Lipinski definition) is 3. The van der Waals surface area contributed by atoms with Crippen molar-refractivity contribution in [2.75, 3.05) is 13.1 Å². The minimum Gasteiger partial charge on any atom is -0.399 e. The van der Waals surface area contributed by atoms with E-state index in [9.17, 15) is 31.5 Å². The van der Waals surface area contributed by atoms with E-state index >= 15 is 0 Å². The highest BCUT2D eigenvalue weighted by Gasteiger charge is 2.63. The third kappa shape index (κ3) is 6.19. The highest BCUT2D eigenvalue weighted by Crippen LogP contribution is 2.35. The van der Waals surface area contributed by atoms with Crippen LogP contribution in [0.15, 0.2) is 35.0 Å². The molecule has 0 fully saturated rings. The van der Waals surface area contributed by atoms with Crippen molar-refractivity contribution in [3.05, 3.63) is 35.0 Å². The summed E-state index contributed by atoms with van der Waals surface area (Å²) >= 11 is 5.70. The zero-order chi connectivity index (χ0) is 19.1. The molecule has 0 atom stereocenters. The van der Waals surface area contributed by atoms with E-state index < -0.39 is 37.0 Å². The molecule has 136 valence electrons. The number of carbonyl (C=O) groups excluding carboxylic acids is 2. The predicted molar refractivity (Wildman–Crippen MR) is 78.0 cm³/mol. The zero-order valence-electron chi connectivity index (χ0n) is 12.4. The Morgan fingerprint density at radius 2 is 1.67 bits per heavy atom. The van der Waals surface area contributed by atoms with Crippen LogP contribution < -0.4 is 16.4 Å². The molecule has 0 aromatic rings. The van der Waals surface area contributed by atoms with Gasteiger partial charge in [0.15, 0.2) is 0 Å². The summed E-state index contributed by atoms with van der Waals surface area (Å²) in [6.07, 6.45) is -3.56. The first kappa shape index (κ1) is 21.9. The predicted octanol–water partition coefficient (Wildman–Crippen LogP) is 1.96. The average molecular weight is 376 g/mol. The molecule has 5 nitrogen and oxygen atoms in total.